The Morgan fingerprint density at radius 2 is 2.08 bits per heavy atom. The molecule has 0 aliphatic heterocycles. The van der Waals surface area contributed by atoms with Crippen LogP contribution in [0.25, 0.3) is 0 Å². The molecule has 0 aromatic carbocycles. The molecule has 1 aliphatic carbocycles. The second kappa shape index (κ2) is 4.29. The molecule has 0 spiro atoms. The van der Waals surface area contributed by atoms with E-state index in [1.807, 2.05) is 6.92 Å². The summed E-state index contributed by atoms with van der Waals surface area (Å²) in [4.78, 5) is 11.4. The number of carbonyl (C=O) groups excluding carboxylic acids is 1. The molecule has 2 heteroatoms. The third-order valence-corrected chi connectivity index (χ3v) is 2.29. The maximum atomic E-state index is 11.4. The zero-order chi connectivity index (χ0) is 8.97. The molecular weight excluding hydrogens is 150 g/mol. The minimum Gasteiger partial charge on any atom is -0.352 e. The summed E-state index contributed by atoms with van der Waals surface area (Å²) in [6.07, 6.45) is 4.57. The van der Waals surface area contributed by atoms with Crippen LogP contribution >= 0.6 is 0 Å². The van der Waals surface area contributed by atoms with Gasteiger partial charge in [-0.25, -0.2) is 0 Å². The van der Waals surface area contributed by atoms with Gasteiger partial charge in [0.15, 0.2) is 0 Å². The van der Waals surface area contributed by atoms with E-state index in [1.54, 1.807) is 0 Å². The van der Waals surface area contributed by atoms with Crippen LogP contribution in [0, 0.1) is 5.92 Å². The molecule has 0 aromatic rings. The standard InChI is InChI=1S/C10H17NO/c1-8(2)7-11-10(12)9-5-3-4-6-9/h9H,1,3-7H2,2H3,(H,11,12). The SMILES string of the molecule is C=C(C)CNC(=O)C1CCCC1. The van der Waals surface area contributed by atoms with Crippen molar-refractivity contribution in [1.82, 2.24) is 5.32 Å². The van der Waals surface area contributed by atoms with Crippen molar-refractivity contribution in [2.45, 2.75) is 32.6 Å². The molecule has 1 N–H and O–H groups in total. The van der Waals surface area contributed by atoms with Gasteiger partial charge >= 0.3 is 0 Å². The molecule has 0 heterocycles. The van der Waals surface area contributed by atoms with Crippen LogP contribution in [0.2, 0.25) is 0 Å². The van der Waals surface area contributed by atoms with Crippen LogP contribution < -0.4 is 5.32 Å². The predicted molar refractivity (Wildman–Crippen MR) is 49.8 cm³/mol. The molecule has 12 heavy (non-hydrogen) atoms. The van der Waals surface area contributed by atoms with E-state index in [0.29, 0.717) is 6.54 Å². The molecule has 1 fully saturated rings. The Balaban J connectivity index is 2.23. The van der Waals surface area contributed by atoms with Crippen molar-refractivity contribution >= 4 is 5.91 Å². The lowest BCUT2D eigenvalue weighted by Gasteiger charge is -2.09. The third-order valence-electron chi connectivity index (χ3n) is 2.29. The molecular formula is C10H17NO. The van der Waals surface area contributed by atoms with Crippen LogP contribution in [0.15, 0.2) is 12.2 Å². The highest BCUT2D eigenvalue weighted by Crippen LogP contribution is 2.24. The number of amides is 1. The topological polar surface area (TPSA) is 29.1 Å². The van der Waals surface area contributed by atoms with Gasteiger partial charge in [0, 0.05) is 12.5 Å². The first-order valence-electron chi connectivity index (χ1n) is 4.62. The van der Waals surface area contributed by atoms with Crippen molar-refractivity contribution in [3.05, 3.63) is 12.2 Å². The average molecular weight is 167 g/mol. The molecule has 0 saturated heterocycles. The molecule has 1 aliphatic rings. The lowest BCUT2D eigenvalue weighted by Crippen LogP contribution is -2.30. The number of nitrogens with one attached hydrogen (secondary N) is 1. The fourth-order valence-corrected chi connectivity index (χ4v) is 1.57. The molecule has 1 rings (SSSR count). The lowest BCUT2D eigenvalue weighted by molar-refractivity contribution is -0.124. The van der Waals surface area contributed by atoms with Gasteiger partial charge < -0.3 is 5.32 Å². The van der Waals surface area contributed by atoms with Crippen LogP contribution in [0.3, 0.4) is 0 Å². The van der Waals surface area contributed by atoms with Crippen LogP contribution in [-0.2, 0) is 4.79 Å². The van der Waals surface area contributed by atoms with E-state index in [1.165, 1.54) is 12.8 Å². The summed E-state index contributed by atoms with van der Waals surface area (Å²) >= 11 is 0. The molecule has 0 aromatic heterocycles. The van der Waals surface area contributed by atoms with E-state index in [-0.39, 0.29) is 11.8 Å². The Morgan fingerprint density at radius 1 is 1.50 bits per heavy atom. The van der Waals surface area contributed by atoms with Gasteiger partial charge in [0.25, 0.3) is 0 Å². The van der Waals surface area contributed by atoms with Gasteiger partial charge in [-0.2, -0.15) is 0 Å². The Morgan fingerprint density at radius 3 is 2.58 bits per heavy atom. The summed E-state index contributed by atoms with van der Waals surface area (Å²) in [6, 6.07) is 0. The van der Waals surface area contributed by atoms with Gasteiger partial charge in [-0.15, -0.1) is 0 Å². The van der Waals surface area contributed by atoms with Gasteiger partial charge in [-0.05, 0) is 19.8 Å². The first-order valence-corrected chi connectivity index (χ1v) is 4.62. The van der Waals surface area contributed by atoms with Crippen molar-refractivity contribution < 1.29 is 4.79 Å². The van der Waals surface area contributed by atoms with Crippen molar-refractivity contribution in [2.24, 2.45) is 5.92 Å². The monoisotopic (exact) mass is 167 g/mol. The van der Waals surface area contributed by atoms with Gasteiger partial charge in [0.1, 0.15) is 0 Å². The highest BCUT2D eigenvalue weighted by molar-refractivity contribution is 5.79. The second-order valence-electron chi connectivity index (χ2n) is 3.66. The average Bonchev–Trinajstić information content (AvgIpc) is 2.51. The normalized spacial score (nSPS) is 17.8. The first-order chi connectivity index (χ1) is 5.70. The van der Waals surface area contributed by atoms with Crippen LogP contribution in [0.1, 0.15) is 32.6 Å². The Labute approximate surface area is 74.0 Å². The molecule has 0 atom stereocenters. The lowest BCUT2D eigenvalue weighted by atomic mass is 10.1. The van der Waals surface area contributed by atoms with Gasteiger partial charge in [0.05, 0.1) is 0 Å². The number of rotatable bonds is 3. The summed E-state index contributed by atoms with van der Waals surface area (Å²) in [5.74, 6) is 0.500. The van der Waals surface area contributed by atoms with E-state index in [4.69, 9.17) is 0 Å². The molecule has 2 nitrogen and oxygen atoms in total. The first kappa shape index (κ1) is 9.30. The molecule has 0 bridgehead atoms. The summed E-state index contributed by atoms with van der Waals surface area (Å²) in [6.45, 7) is 6.30. The molecule has 0 unspecified atom stereocenters. The van der Waals surface area contributed by atoms with Crippen molar-refractivity contribution in [1.29, 1.82) is 0 Å². The Bertz CT molecular complexity index is 180. The number of carbonyl (C=O) groups is 1. The predicted octanol–water partition coefficient (Wildman–Crippen LogP) is 1.87. The van der Waals surface area contributed by atoms with E-state index >= 15 is 0 Å². The zero-order valence-corrected chi connectivity index (χ0v) is 7.73. The zero-order valence-electron chi connectivity index (χ0n) is 7.73. The fourth-order valence-electron chi connectivity index (χ4n) is 1.57. The highest BCUT2D eigenvalue weighted by Gasteiger charge is 2.21. The largest absolute Gasteiger partial charge is 0.352 e. The van der Waals surface area contributed by atoms with Crippen molar-refractivity contribution in [3.63, 3.8) is 0 Å². The van der Waals surface area contributed by atoms with Gasteiger partial charge in [-0.3, -0.25) is 4.79 Å². The number of hydrogen-bond donors (Lipinski definition) is 1. The second-order valence-corrected chi connectivity index (χ2v) is 3.66. The van der Waals surface area contributed by atoms with Gasteiger partial charge in [0.2, 0.25) is 5.91 Å². The molecule has 68 valence electrons. The summed E-state index contributed by atoms with van der Waals surface area (Å²) in [7, 11) is 0. The van der Waals surface area contributed by atoms with Crippen molar-refractivity contribution in [2.75, 3.05) is 6.54 Å². The van der Waals surface area contributed by atoms with Crippen LogP contribution in [0.5, 0.6) is 0 Å². The third kappa shape index (κ3) is 2.68. The van der Waals surface area contributed by atoms with E-state index < -0.39 is 0 Å². The number of hydrogen-bond acceptors (Lipinski definition) is 1. The molecule has 1 amide bonds. The van der Waals surface area contributed by atoms with Crippen LogP contribution in [-0.4, -0.2) is 12.5 Å². The maximum Gasteiger partial charge on any atom is 0.223 e. The van der Waals surface area contributed by atoms with Crippen LogP contribution in [0.4, 0.5) is 0 Å². The van der Waals surface area contributed by atoms with Crippen molar-refractivity contribution in [3.8, 4) is 0 Å². The summed E-state index contributed by atoms with van der Waals surface area (Å²) in [5.41, 5.74) is 1.02. The highest BCUT2D eigenvalue weighted by atomic mass is 16.1. The molecule has 1 saturated carbocycles. The van der Waals surface area contributed by atoms with Gasteiger partial charge in [-0.1, -0.05) is 25.0 Å². The van der Waals surface area contributed by atoms with E-state index in [0.717, 1.165) is 18.4 Å². The van der Waals surface area contributed by atoms with E-state index in [2.05, 4.69) is 11.9 Å². The minimum absolute atomic E-state index is 0.218. The fraction of sp³-hybridized carbons (Fsp3) is 0.700. The summed E-state index contributed by atoms with van der Waals surface area (Å²) < 4.78 is 0. The minimum atomic E-state index is 0.218. The van der Waals surface area contributed by atoms with E-state index in [9.17, 15) is 4.79 Å². The Kier molecular flexibility index (Phi) is 3.32. The Hall–Kier alpha value is -0.790. The summed E-state index contributed by atoms with van der Waals surface area (Å²) in [5, 5.41) is 2.89. The quantitative estimate of drug-likeness (QED) is 0.639. The smallest absolute Gasteiger partial charge is 0.223 e. The maximum absolute atomic E-state index is 11.4. The molecule has 0 radical (unpaired) electrons.